The molecule has 0 N–H and O–H groups in total. The van der Waals surface area contributed by atoms with Gasteiger partial charge in [-0.3, -0.25) is 9.69 Å². The summed E-state index contributed by atoms with van der Waals surface area (Å²) in [6.07, 6.45) is 5.92. The monoisotopic (exact) mass is 241 g/mol. The van der Waals surface area contributed by atoms with Gasteiger partial charge >= 0.3 is 5.97 Å². The fourth-order valence-electron chi connectivity index (χ4n) is 2.44. The van der Waals surface area contributed by atoms with Crippen LogP contribution in [0.15, 0.2) is 0 Å². The van der Waals surface area contributed by atoms with E-state index in [0.717, 1.165) is 6.42 Å². The lowest BCUT2D eigenvalue weighted by Gasteiger charge is -2.24. The van der Waals surface area contributed by atoms with Crippen molar-refractivity contribution in [1.29, 1.82) is 0 Å². The summed E-state index contributed by atoms with van der Waals surface area (Å²) < 4.78 is 5.47. The highest BCUT2D eigenvalue weighted by Gasteiger charge is 2.25. The summed E-state index contributed by atoms with van der Waals surface area (Å²) in [5.41, 5.74) is 0. The molecule has 0 amide bonds. The normalized spacial score (nSPS) is 18.9. The number of nitrogens with zero attached hydrogens (tertiary/aromatic N) is 1. The second-order valence-electron chi connectivity index (χ2n) is 5.89. The van der Waals surface area contributed by atoms with Crippen LogP contribution in [0.1, 0.15) is 46.0 Å². The van der Waals surface area contributed by atoms with E-state index in [1.807, 2.05) is 19.0 Å². The zero-order valence-electron chi connectivity index (χ0n) is 11.7. The molecule has 0 radical (unpaired) electrons. The van der Waals surface area contributed by atoms with Gasteiger partial charge in [-0.2, -0.15) is 0 Å². The van der Waals surface area contributed by atoms with Crippen molar-refractivity contribution in [2.75, 3.05) is 20.7 Å². The van der Waals surface area contributed by atoms with Crippen LogP contribution in [0.5, 0.6) is 0 Å². The molecule has 0 saturated heterocycles. The maximum atomic E-state index is 12.0. The van der Waals surface area contributed by atoms with Crippen LogP contribution in [0.25, 0.3) is 0 Å². The van der Waals surface area contributed by atoms with Crippen LogP contribution in [0.4, 0.5) is 0 Å². The number of hydrogen-bond acceptors (Lipinski definition) is 3. The number of carbonyl (C=O) groups is 1. The Hall–Kier alpha value is -0.570. The van der Waals surface area contributed by atoms with Crippen molar-refractivity contribution in [2.45, 2.75) is 52.0 Å². The van der Waals surface area contributed by atoms with Crippen molar-refractivity contribution in [1.82, 2.24) is 4.90 Å². The molecule has 1 fully saturated rings. The zero-order valence-corrected chi connectivity index (χ0v) is 11.7. The first-order valence-electron chi connectivity index (χ1n) is 6.83. The molecule has 3 nitrogen and oxygen atoms in total. The van der Waals surface area contributed by atoms with Crippen molar-refractivity contribution in [2.24, 2.45) is 11.8 Å². The Balaban J connectivity index is 2.35. The summed E-state index contributed by atoms with van der Waals surface area (Å²) in [6, 6.07) is -0.0867. The zero-order chi connectivity index (χ0) is 12.8. The first kappa shape index (κ1) is 14.5. The number of esters is 1. The Morgan fingerprint density at radius 3 is 2.35 bits per heavy atom. The van der Waals surface area contributed by atoms with Gasteiger partial charge in [0.1, 0.15) is 6.04 Å². The van der Waals surface area contributed by atoms with Crippen molar-refractivity contribution in [3.05, 3.63) is 0 Å². The Morgan fingerprint density at radius 2 is 1.88 bits per heavy atom. The first-order chi connectivity index (χ1) is 8.00. The topological polar surface area (TPSA) is 29.5 Å². The van der Waals surface area contributed by atoms with Gasteiger partial charge in [0.2, 0.25) is 0 Å². The van der Waals surface area contributed by atoms with Crippen molar-refractivity contribution < 1.29 is 9.53 Å². The lowest BCUT2D eigenvalue weighted by molar-refractivity contribution is -0.151. The SMILES string of the molecule is CC(C)CC(C(=O)OCC1CCCC1)N(C)C. The van der Waals surface area contributed by atoms with Gasteiger partial charge in [0.25, 0.3) is 0 Å². The molecule has 3 heteroatoms. The third-order valence-corrected chi connectivity index (χ3v) is 3.53. The number of carbonyl (C=O) groups excluding carboxylic acids is 1. The van der Waals surface area contributed by atoms with E-state index in [1.165, 1.54) is 25.7 Å². The average molecular weight is 241 g/mol. The predicted molar refractivity (Wildman–Crippen MR) is 69.8 cm³/mol. The van der Waals surface area contributed by atoms with Gasteiger partial charge < -0.3 is 4.74 Å². The Morgan fingerprint density at radius 1 is 1.29 bits per heavy atom. The maximum Gasteiger partial charge on any atom is 0.323 e. The molecule has 100 valence electrons. The Bertz CT molecular complexity index is 232. The molecule has 0 bridgehead atoms. The Kier molecular flexibility index (Phi) is 5.96. The summed E-state index contributed by atoms with van der Waals surface area (Å²) in [4.78, 5) is 14.0. The molecule has 0 aromatic carbocycles. The van der Waals surface area contributed by atoms with Crippen LogP contribution in [-0.4, -0.2) is 37.6 Å². The fourth-order valence-corrected chi connectivity index (χ4v) is 2.44. The second kappa shape index (κ2) is 7.00. The van der Waals surface area contributed by atoms with Crippen molar-refractivity contribution >= 4 is 5.97 Å². The summed E-state index contributed by atoms with van der Waals surface area (Å²) >= 11 is 0. The van der Waals surface area contributed by atoms with E-state index < -0.39 is 0 Å². The molecule has 0 aromatic heterocycles. The van der Waals surface area contributed by atoms with Gasteiger partial charge in [0, 0.05) is 0 Å². The van der Waals surface area contributed by atoms with E-state index in [-0.39, 0.29) is 12.0 Å². The molecule has 0 aromatic rings. The van der Waals surface area contributed by atoms with E-state index in [9.17, 15) is 4.79 Å². The summed E-state index contributed by atoms with van der Waals surface area (Å²) in [5, 5.41) is 0. The van der Waals surface area contributed by atoms with E-state index >= 15 is 0 Å². The van der Waals surface area contributed by atoms with Gasteiger partial charge in [-0.15, -0.1) is 0 Å². The van der Waals surface area contributed by atoms with E-state index in [1.54, 1.807) is 0 Å². The number of likely N-dealkylation sites (N-methyl/N-ethyl adjacent to an activating group) is 1. The smallest absolute Gasteiger partial charge is 0.323 e. The highest BCUT2D eigenvalue weighted by Crippen LogP contribution is 2.25. The van der Waals surface area contributed by atoms with Crippen molar-refractivity contribution in [3.8, 4) is 0 Å². The van der Waals surface area contributed by atoms with Crippen LogP contribution >= 0.6 is 0 Å². The quantitative estimate of drug-likeness (QED) is 0.670. The third kappa shape index (κ3) is 5.07. The highest BCUT2D eigenvalue weighted by atomic mass is 16.5. The average Bonchev–Trinajstić information content (AvgIpc) is 2.74. The fraction of sp³-hybridized carbons (Fsp3) is 0.929. The van der Waals surface area contributed by atoms with Gasteiger partial charge in [-0.25, -0.2) is 0 Å². The third-order valence-electron chi connectivity index (χ3n) is 3.53. The summed E-state index contributed by atoms with van der Waals surface area (Å²) in [7, 11) is 3.90. The molecule has 0 aliphatic heterocycles. The standard InChI is InChI=1S/C14H27NO2/c1-11(2)9-13(15(3)4)14(16)17-10-12-7-5-6-8-12/h11-13H,5-10H2,1-4H3. The minimum Gasteiger partial charge on any atom is -0.464 e. The molecule has 0 heterocycles. The largest absolute Gasteiger partial charge is 0.464 e. The van der Waals surface area contributed by atoms with Crippen LogP contribution in [0.2, 0.25) is 0 Å². The van der Waals surface area contributed by atoms with Crippen LogP contribution < -0.4 is 0 Å². The number of rotatable bonds is 6. The highest BCUT2D eigenvalue weighted by molar-refractivity contribution is 5.75. The van der Waals surface area contributed by atoms with Gasteiger partial charge in [0.15, 0.2) is 0 Å². The predicted octanol–water partition coefficient (Wildman–Crippen LogP) is 2.70. The molecule has 1 unspecified atom stereocenters. The number of ether oxygens (including phenoxy) is 1. The van der Waals surface area contributed by atoms with Crippen LogP contribution in [-0.2, 0) is 9.53 Å². The Labute approximate surface area is 106 Å². The van der Waals surface area contributed by atoms with E-state index in [2.05, 4.69) is 13.8 Å². The maximum absolute atomic E-state index is 12.0. The second-order valence-corrected chi connectivity index (χ2v) is 5.89. The molecular formula is C14H27NO2. The molecule has 0 spiro atoms. The van der Waals surface area contributed by atoms with Gasteiger partial charge in [-0.1, -0.05) is 26.7 Å². The molecular weight excluding hydrogens is 214 g/mol. The minimum atomic E-state index is -0.0867. The lowest BCUT2D eigenvalue weighted by Crippen LogP contribution is -2.38. The number of hydrogen-bond donors (Lipinski definition) is 0. The molecule has 1 saturated carbocycles. The molecule has 17 heavy (non-hydrogen) atoms. The molecule has 1 atom stereocenters. The summed E-state index contributed by atoms with van der Waals surface area (Å²) in [6.45, 7) is 4.91. The first-order valence-corrected chi connectivity index (χ1v) is 6.83. The van der Waals surface area contributed by atoms with Crippen LogP contribution in [0.3, 0.4) is 0 Å². The molecule has 1 aliphatic carbocycles. The van der Waals surface area contributed by atoms with E-state index in [4.69, 9.17) is 4.74 Å². The molecule has 1 rings (SSSR count). The molecule has 1 aliphatic rings. The van der Waals surface area contributed by atoms with Crippen molar-refractivity contribution in [3.63, 3.8) is 0 Å². The van der Waals surface area contributed by atoms with Crippen LogP contribution in [0, 0.1) is 11.8 Å². The van der Waals surface area contributed by atoms with Gasteiger partial charge in [0.05, 0.1) is 6.61 Å². The van der Waals surface area contributed by atoms with E-state index in [0.29, 0.717) is 18.4 Å². The van der Waals surface area contributed by atoms with Gasteiger partial charge in [-0.05, 0) is 45.2 Å². The minimum absolute atomic E-state index is 0.0457. The summed E-state index contributed by atoms with van der Waals surface area (Å²) in [5.74, 6) is 1.08. The lowest BCUT2D eigenvalue weighted by atomic mass is 10.0.